The van der Waals surface area contributed by atoms with Crippen molar-refractivity contribution >= 4 is 17.2 Å². The number of rotatable bonds is 12. The second-order valence-electron chi connectivity index (χ2n) is 3.05. The quantitative estimate of drug-likeness (QED) is 0.399. The number of hydrogen-bond acceptors (Lipinski definition) is 5. The topological polar surface area (TPSA) is 62.9 Å². The molecule has 0 saturated carbocycles. The Morgan fingerprint density at radius 1 is 0.875 bits per heavy atom. The second-order valence-corrected chi connectivity index (χ2v) is 3.57. The highest BCUT2D eigenvalue weighted by atomic mass is 32.1. The number of methoxy groups -OCH3 is 1. The summed E-state index contributed by atoms with van der Waals surface area (Å²) < 4.78 is 20.5. The summed E-state index contributed by atoms with van der Waals surface area (Å²) in [5, 5.41) is 0. The van der Waals surface area contributed by atoms with E-state index in [-0.39, 0.29) is 0 Å². The van der Waals surface area contributed by atoms with E-state index in [0.717, 1.165) is 0 Å². The van der Waals surface area contributed by atoms with E-state index in [0.29, 0.717) is 57.7 Å². The van der Waals surface area contributed by atoms with Crippen molar-refractivity contribution in [1.29, 1.82) is 0 Å². The highest BCUT2D eigenvalue weighted by molar-refractivity contribution is 7.80. The Kier molecular flexibility index (Phi) is 12.6. The lowest BCUT2D eigenvalue weighted by Crippen LogP contribution is -2.14. The fraction of sp³-hybridized carbons (Fsp3) is 0.900. The summed E-state index contributed by atoms with van der Waals surface area (Å²) >= 11 is 4.71. The van der Waals surface area contributed by atoms with Crippen molar-refractivity contribution in [2.75, 3.05) is 53.4 Å². The van der Waals surface area contributed by atoms with Gasteiger partial charge in [0.25, 0.3) is 0 Å². The second kappa shape index (κ2) is 12.8. The first-order chi connectivity index (χ1) is 7.77. The Morgan fingerprint density at radius 2 is 1.31 bits per heavy atom. The van der Waals surface area contributed by atoms with Gasteiger partial charge in [-0.2, -0.15) is 0 Å². The first-order valence-corrected chi connectivity index (χ1v) is 5.68. The number of nitrogens with two attached hydrogens (primary N) is 1. The van der Waals surface area contributed by atoms with Crippen LogP contribution in [0.2, 0.25) is 0 Å². The SMILES string of the molecule is COCCOCCOCCOCCC(N)=S. The molecule has 0 aliphatic heterocycles. The van der Waals surface area contributed by atoms with Gasteiger partial charge in [-0.25, -0.2) is 0 Å². The fourth-order valence-electron chi connectivity index (χ4n) is 0.857. The molecule has 16 heavy (non-hydrogen) atoms. The number of ether oxygens (including phenoxy) is 4. The van der Waals surface area contributed by atoms with Gasteiger partial charge in [0.05, 0.1) is 51.2 Å². The van der Waals surface area contributed by atoms with E-state index in [1.807, 2.05) is 0 Å². The third kappa shape index (κ3) is 13.7. The van der Waals surface area contributed by atoms with E-state index in [9.17, 15) is 0 Å². The molecule has 0 spiro atoms. The van der Waals surface area contributed by atoms with Crippen LogP contribution in [0.4, 0.5) is 0 Å². The van der Waals surface area contributed by atoms with E-state index in [2.05, 4.69) is 0 Å². The molecule has 5 nitrogen and oxygen atoms in total. The molecule has 0 radical (unpaired) electrons. The lowest BCUT2D eigenvalue weighted by Gasteiger charge is -2.06. The van der Waals surface area contributed by atoms with Crippen molar-refractivity contribution in [2.45, 2.75) is 6.42 Å². The molecule has 0 bridgehead atoms. The molecule has 0 aromatic heterocycles. The molecule has 0 amide bonds. The maximum absolute atomic E-state index is 5.31. The molecule has 0 saturated heterocycles. The van der Waals surface area contributed by atoms with Gasteiger partial charge in [-0.1, -0.05) is 12.2 Å². The Labute approximate surface area is 102 Å². The molecule has 0 aromatic rings. The maximum atomic E-state index is 5.31. The van der Waals surface area contributed by atoms with Gasteiger partial charge in [0.2, 0.25) is 0 Å². The summed E-state index contributed by atoms with van der Waals surface area (Å²) in [6, 6.07) is 0. The predicted octanol–water partition coefficient (Wildman–Crippen LogP) is 0.359. The van der Waals surface area contributed by atoms with Crippen LogP contribution in [0.3, 0.4) is 0 Å². The summed E-state index contributed by atoms with van der Waals surface area (Å²) in [4.78, 5) is 0.479. The van der Waals surface area contributed by atoms with Gasteiger partial charge in [-0.05, 0) is 0 Å². The number of hydrogen-bond donors (Lipinski definition) is 1. The molecule has 6 heteroatoms. The minimum Gasteiger partial charge on any atom is -0.393 e. The normalized spacial score (nSPS) is 10.6. The van der Waals surface area contributed by atoms with Crippen molar-refractivity contribution in [2.24, 2.45) is 5.73 Å². The third-order valence-corrected chi connectivity index (χ3v) is 1.87. The fourth-order valence-corrected chi connectivity index (χ4v) is 0.940. The zero-order valence-corrected chi connectivity index (χ0v) is 10.6. The smallest absolute Gasteiger partial charge is 0.0750 e. The van der Waals surface area contributed by atoms with Crippen LogP contribution in [0.15, 0.2) is 0 Å². The largest absolute Gasteiger partial charge is 0.393 e. The van der Waals surface area contributed by atoms with Gasteiger partial charge in [-0.15, -0.1) is 0 Å². The third-order valence-electron chi connectivity index (χ3n) is 1.67. The van der Waals surface area contributed by atoms with Crippen LogP contribution in [0, 0.1) is 0 Å². The zero-order chi connectivity index (χ0) is 12.1. The summed E-state index contributed by atoms with van der Waals surface area (Å²) in [7, 11) is 1.64. The van der Waals surface area contributed by atoms with Crippen LogP contribution in [0.1, 0.15) is 6.42 Å². The van der Waals surface area contributed by atoms with Crippen LogP contribution in [-0.4, -0.2) is 58.3 Å². The Morgan fingerprint density at radius 3 is 1.75 bits per heavy atom. The zero-order valence-electron chi connectivity index (χ0n) is 9.78. The molecule has 0 atom stereocenters. The predicted molar refractivity (Wildman–Crippen MR) is 65.7 cm³/mol. The average molecular weight is 251 g/mol. The highest BCUT2D eigenvalue weighted by Crippen LogP contribution is 1.85. The molecule has 0 aliphatic rings. The molecule has 0 fully saturated rings. The van der Waals surface area contributed by atoms with Crippen LogP contribution in [-0.2, 0) is 18.9 Å². The molecule has 0 rings (SSSR count). The van der Waals surface area contributed by atoms with Gasteiger partial charge in [0.1, 0.15) is 0 Å². The molecule has 96 valence electrons. The van der Waals surface area contributed by atoms with Gasteiger partial charge in [0.15, 0.2) is 0 Å². The Hall–Kier alpha value is -0.270. The van der Waals surface area contributed by atoms with Crippen LogP contribution < -0.4 is 5.73 Å². The number of thiocarbonyl (C=S) groups is 1. The van der Waals surface area contributed by atoms with E-state index >= 15 is 0 Å². The Bertz CT molecular complexity index is 169. The van der Waals surface area contributed by atoms with Crippen LogP contribution in [0.25, 0.3) is 0 Å². The van der Waals surface area contributed by atoms with Gasteiger partial charge < -0.3 is 24.7 Å². The molecule has 0 aromatic carbocycles. The first-order valence-electron chi connectivity index (χ1n) is 5.28. The van der Waals surface area contributed by atoms with Crippen LogP contribution >= 0.6 is 12.2 Å². The van der Waals surface area contributed by atoms with Crippen molar-refractivity contribution in [3.8, 4) is 0 Å². The summed E-state index contributed by atoms with van der Waals surface area (Å²) in [5.74, 6) is 0. The molecule has 0 unspecified atom stereocenters. The van der Waals surface area contributed by atoms with E-state index in [1.54, 1.807) is 7.11 Å². The molecular formula is C10H21NO4S. The maximum Gasteiger partial charge on any atom is 0.0750 e. The van der Waals surface area contributed by atoms with Crippen molar-refractivity contribution in [3.05, 3.63) is 0 Å². The lowest BCUT2D eigenvalue weighted by molar-refractivity contribution is 0.00457. The van der Waals surface area contributed by atoms with Crippen molar-refractivity contribution < 1.29 is 18.9 Å². The summed E-state index contributed by atoms with van der Waals surface area (Å²) in [5.41, 5.74) is 5.31. The van der Waals surface area contributed by atoms with Crippen molar-refractivity contribution in [3.63, 3.8) is 0 Å². The van der Waals surface area contributed by atoms with Gasteiger partial charge in [-0.3, -0.25) is 0 Å². The van der Waals surface area contributed by atoms with Crippen molar-refractivity contribution in [1.82, 2.24) is 0 Å². The monoisotopic (exact) mass is 251 g/mol. The lowest BCUT2D eigenvalue weighted by atomic mass is 10.5. The van der Waals surface area contributed by atoms with Crippen LogP contribution in [0.5, 0.6) is 0 Å². The molecular weight excluding hydrogens is 230 g/mol. The minimum absolute atomic E-state index is 0.479. The average Bonchev–Trinajstić information content (AvgIpc) is 2.25. The molecule has 0 aliphatic carbocycles. The van der Waals surface area contributed by atoms with E-state index < -0.39 is 0 Å². The minimum atomic E-state index is 0.479. The van der Waals surface area contributed by atoms with E-state index in [1.165, 1.54) is 0 Å². The first kappa shape index (κ1) is 15.7. The van der Waals surface area contributed by atoms with Gasteiger partial charge in [0, 0.05) is 13.5 Å². The molecule has 0 heterocycles. The highest BCUT2D eigenvalue weighted by Gasteiger charge is 1.92. The summed E-state index contributed by atoms with van der Waals surface area (Å²) in [6.07, 6.45) is 0.620. The standard InChI is InChI=1S/C10H21NO4S/c1-12-4-5-14-8-9-15-7-6-13-3-2-10(11)16/h2-9H2,1H3,(H2,11,16). The molecule has 2 N–H and O–H groups in total. The summed E-state index contributed by atoms with van der Waals surface area (Å²) in [6.45, 7) is 4.04. The van der Waals surface area contributed by atoms with E-state index in [4.69, 9.17) is 36.9 Å². The Balaban J connectivity index is 2.90. The van der Waals surface area contributed by atoms with Gasteiger partial charge >= 0.3 is 0 Å².